The second kappa shape index (κ2) is 5.98. The van der Waals surface area contributed by atoms with Gasteiger partial charge in [-0.25, -0.2) is 8.42 Å². The molecule has 0 radical (unpaired) electrons. The number of halogens is 1. The van der Waals surface area contributed by atoms with Gasteiger partial charge in [0, 0.05) is 10.0 Å². The molecule has 0 fully saturated rings. The molecule has 23 heavy (non-hydrogen) atoms. The number of carbonyl (C=O) groups excluding carboxylic acids is 1. The van der Waals surface area contributed by atoms with Gasteiger partial charge in [0.25, 0.3) is 10.0 Å². The minimum absolute atomic E-state index is 0.126. The number of hydrogen-bond acceptors (Lipinski definition) is 4. The molecule has 7 heteroatoms. The Morgan fingerprint density at radius 3 is 2.52 bits per heavy atom. The van der Waals surface area contributed by atoms with Crippen LogP contribution < -0.4 is 9.04 Å². The molecule has 1 aliphatic heterocycles. The molecule has 0 saturated carbocycles. The molecule has 0 atom stereocenters. The Balaban J connectivity index is 2.10. The number of ether oxygens (including phenoxy) is 1. The van der Waals surface area contributed by atoms with Gasteiger partial charge >= 0.3 is 0 Å². The normalized spacial score (nSPS) is 14.1. The largest absolute Gasteiger partial charge is 0.489 e. The van der Waals surface area contributed by atoms with Gasteiger partial charge in [0.2, 0.25) is 0 Å². The molecule has 120 valence electrons. The summed E-state index contributed by atoms with van der Waals surface area (Å²) in [5.74, 6) is 0.335. The van der Waals surface area contributed by atoms with E-state index in [2.05, 4.69) is 15.9 Å². The first-order chi connectivity index (χ1) is 10.9. The maximum absolute atomic E-state index is 12.9. The summed E-state index contributed by atoms with van der Waals surface area (Å²) in [6.07, 6.45) is 0. The summed E-state index contributed by atoms with van der Waals surface area (Å²) in [6.45, 7) is 1.91. The van der Waals surface area contributed by atoms with E-state index in [-0.39, 0.29) is 23.8 Å². The van der Waals surface area contributed by atoms with Crippen molar-refractivity contribution in [1.29, 1.82) is 0 Å². The molecule has 2 aromatic rings. The number of rotatable bonds is 3. The van der Waals surface area contributed by atoms with Crippen molar-refractivity contribution in [2.24, 2.45) is 0 Å². The molecule has 0 unspecified atom stereocenters. The molecule has 0 aromatic heterocycles. The predicted octanol–water partition coefficient (Wildman–Crippen LogP) is 3.24. The Labute approximate surface area is 143 Å². The zero-order valence-electron chi connectivity index (χ0n) is 12.3. The number of benzene rings is 2. The first-order valence-corrected chi connectivity index (χ1v) is 9.19. The van der Waals surface area contributed by atoms with Crippen LogP contribution in [0.2, 0.25) is 0 Å². The maximum atomic E-state index is 12.9. The van der Waals surface area contributed by atoms with Crippen LogP contribution in [-0.4, -0.2) is 27.4 Å². The molecule has 0 N–H and O–H groups in total. The van der Waals surface area contributed by atoms with E-state index in [0.29, 0.717) is 17.0 Å². The fraction of sp³-hybridized carbons (Fsp3) is 0.188. The number of sulfonamides is 1. The molecule has 2 aromatic carbocycles. The van der Waals surface area contributed by atoms with E-state index >= 15 is 0 Å². The minimum atomic E-state index is -3.71. The number of anilines is 1. The lowest BCUT2D eigenvalue weighted by atomic mass is 10.1. The van der Waals surface area contributed by atoms with Gasteiger partial charge in [-0.2, -0.15) is 0 Å². The molecular weight excluding hydrogens is 382 g/mol. The molecule has 0 bridgehead atoms. The van der Waals surface area contributed by atoms with E-state index in [1.165, 1.54) is 11.2 Å². The SMILES string of the molecule is CC(=O)c1ccc2c(c1)N(S(=O)(=O)c1ccc(Br)cc1)CCO2. The van der Waals surface area contributed by atoms with Crippen molar-refractivity contribution in [3.8, 4) is 5.75 Å². The van der Waals surface area contributed by atoms with Crippen molar-refractivity contribution in [2.45, 2.75) is 11.8 Å². The Hall–Kier alpha value is -1.86. The number of carbonyl (C=O) groups is 1. The van der Waals surface area contributed by atoms with E-state index in [0.717, 1.165) is 4.47 Å². The number of hydrogen-bond donors (Lipinski definition) is 0. The van der Waals surface area contributed by atoms with Gasteiger partial charge in [0.05, 0.1) is 17.1 Å². The summed E-state index contributed by atoms with van der Waals surface area (Å²) >= 11 is 3.29. The van der Waals surface area contributed by atoms with Gasteiger partial charge in [0.1, 0.15) is 12.4 Å². The van der Waals surface area contributed by atoms with Gasteiger partial charge in [-0.1, -0.05) is 15.9 Å². The number of fused-ring (bicyclic) bond motifs is 1. The van der Waals surface area contributed by atoms with Gasteiger partial charge in [-0.15, -0.1) is 0 Å². The highest BCUT2D eigenvalue weighted by atomic mass is 79.9. The van der Waals surface area contributed by atoms with Crippen LogP contribution in [0.4, 0.5) is 5.69 Å². The highest BCUT2D eigenvalue weighted by Crippen LogP contribution is 2.36. The van der Waals surface area contributed by atoms with E-state index in [1.54, 1.807) is 42.5 Å². The van der Waals surface area contributed by atoms with E-state index in [1.807, 2.05) is 0 Å². The lowest BCUT2D eigenvalue weighted by Gasteiger charge is -2.30. The molecule has 0 saturated heterocycles. The first-order valence-electron chi connectivity index (χ1n) is 6.96. The van der Waals surface area contributed by atoms with E-state index < -0.39 is 10.0 Å². The smallest absolute Gasteiger partial charge is 0.264 e. The van der Waals surface area contributed by atoms with E-state index in [4.69, 9.17) is 4.74 Å². The summed E-state index contributed by atoms with van der Waals surface area (Å²) in [4.78, 5) is 11.8. The van der Waals surface area contributed by atoms with Crippen molar-refractivity contribution < 1.29 is 17.9 Å². The molecule has 1 heterocycles. The van der Waals surface area contributed by atoms with Crippen LogP contribution in [0.15, 0.2) is 51.8 Å². The zero-order chi connectivity index (χ0) is 16.6. The average molecular weight is 396 g/mol. The lowest BCUT2D eigenvalue weighted by Crippen LogP contribution is -2.38. The number of nitrogens with zero attached hydrogens (tertiary/aromatic N) is 1. The molecule has 1 aliphatic rings. The fourth-order valence-corrected chi connectivity index (χ4v) is 4.11. The van der Waals surface area contributed by atoms with Crippen LogP contribution in [0.25, 0.3) is 0 Å². The van der Waals surface area contributed by atoms with Gasteiger partial charge in [-0.05, 0) is 49.4 Å². The van der Waals surface area contributed by atoms with Crippen molar-refractivity contribution in [3.63, 3.8) is 0 Å². The zero-order valence-corrected chi connectivity index (χ0v) is 14.7. The minimum Gasteiger partial charge on any atom is -0.489 e. The fourth-order valence-electron chi connectivity index (χ4n) is 2.40. The Morgan fingerprint density at radius 2 is 1.87 bits per heavy atom. The van der Waals surface area contributed by atoms with Gasteiger partial charge in [0.15, 0.2) is 5.78 Å². The van der Waals surface area contributed by atoms with Crippen molar-refractivity contribution in [2.75, 3.05) is 17.5 Å². The Morgan fingerprint density at radius 1 is 1.17 bits per heavy atom. The summed E-state index contributed by atoms with van der Waals surface area (Å²) in [7, 11) is -3.71. The van der Waals surface area contributed by atoms with Crippen LogP contribution in [0.1, 0.15) is 17.3 Å². The monoisotopic (exact) mass is 395 g/mol. The number of Topliss-reactive ketones (excluding diaryl/α,β-unsaturated/α-hetero) is 1. The van der Waals surface area contributed by atoms with Crippen LogP contribution in [0.5, 0.6) is 5.75 Å². The third kappa shape index (κ3) is 2.98. The summed E-state index contributed by atoms with van der Waals surface area (Å²) in [5, 5.41) is 0. The topological polar surface area (TPSA) is 63.7 Å². The first kappa shape index (κ1) is 16.0. The lowest BCUT2D eigenvalue weighted by molar-refractivity contribution is 0.101. The van der Waals surface area contributed by atoms with Crippen LogP contribution >= 0.6 is 15.9 Å². The molecular formula is C16H14BrNO4S. The van der Waals surface area contributed by atoms with Gasteiger partial charge < -0.3 is 4.74 Å². The second-order valence-corrected chi connectivity index (χ2v) is 7.90. The third-order valence-corrected chi connectivity index (χ3v) is 5.94. The summed E-state index contributed by atoms with van der Waals surface area (Å²) in [6, 6.07) is 11.3. The second-order valence-electron chi connectivity index (χ2n) is 5.12. The van der Waals surface area contributed by atoms with Gasteiger partial charge in [-0.3, -0.25) is 9.10 Å². The van der Waals surface area contributed by atoms with Crippen molar-refractivity contribution in [3.05, 3.63) is 52.5 Å². The molecule has 3 rings (SSSR count). The van der Waals surface area contributed by atoms with E-state index in [9.17, 15) is 13.2 Å². The molecule has 5 nitrogen and oxygen atoms in total. The van der Waals surface area contributed by atoms with Crippen LogP contribution in [0.3, 0.4) is 0 Å². The van der Waals surface area contributed by atoms with Crippen molar-refractivity contribution in [1.82, 2.24) is 0 Å². The highest BCUT2D eigenvalue weighted by molar-refractivity contribution is 9.10. The quantitative estimate of drug-likeness (QED) is 0.748. The van der Waals surface area contributed by atoms with Crippen molar-refractivity contribution >= 4 is 37.4 Å². The van der Waals surface area contributed by atoms with Crippen LogP contribution in [0, 0.1) is 0 Å². The highest BCUT2D eigenvalue weighted by Gasteiger charge is 2.30. The van der Waals surface area contributed by atoms with Crippen LogP contribution in [-0.2, 0) is 10.0 Å². The third-order valence-electron chi connectivity index (χ3n) is 3.59. The average Bonchev–Trinajstić information content (AvgIpc) is 2.54. The Kier molecular flexibility index (Phi) is 4.16. The number of ketones is 1. The maximum Gasteiger partial charge on any atom is 0.264 e. The molecule has 0 amide bonds. The molecule has 0 spiro atoms. The molecule has 0 aliphatic carbocycles. The summed E-state index contributed by atoms with van der Waals surface area (Å²) < 4.78 is 33.4. The summed E-state index contributed by atoms with van der Waals surface area (Å²) in [5.41, 5.74) is 0.845. The Bertz CT molecular complexity index is 862. The standard InChI is InChI=1S/C16H14BrNO4S/c1-11(19)12-2-7-16-15(10-12)18(8-9-22-16)23(20,21)14-5-3-13(17)4-6-14/h2-7,10H,8-9H2,1H3. The predicted molar refractivity (Wildman–Crippen MR) is 90.6 cm³/mol.